The summed E-state index contributed by atoms with van der Waals surface area (Å²) in [5, 5.41) is 15.3. The lowest BCUT2D eigenvalue weighted by molar-refractivity contribution is 0.390. The van der Waals surface area contributed by atoms with E-state index in [0.29, 0.717) is 23.3 Å². The van der Waals surface area contributed by atoms with E-state index >= 15 is 0 Å². The zero-order chi connectivity index (χ0) is 16.5. The first-order chi connectivity index (χ1) is 11.7. The number of rotatable bonds is 6. The highest BCUT2D eigenvalue weighted by atomic mass is 32.2. The van der Waals surface area contributed by atoms with Crippen LogP contribution in [-0.2, 0) is 22.3 Å². The number of tetrazole rings is 1. The Hall–Kier alpha value is -2.49. The summed E-state index contributed by atoms with van der Waals surface area (Å²) in [6.45, 7) is 0. The normalized spacial score (nSPS) is 15.5. The van der Waals surface area contributed by atoms with E-state index in [2.05, 4.69) is 25.7 Å². The summed E-state index contributed by atoms with van der Waals surface area (Å²) in [5.74, 6) is 1.22. The third kappa shape index (κ3) is 3.23. The van der Waals surface area contributed by atoms with Crippen LogP contribution in [0.25, 0.3) is 11.4 Å². The molecule has 1 aliphatic carbocycles. The largest absolute Gasteiger partial charge is 0.338 e. The molecule has 124 valence electrons. The zero-order valence-corrected chi connectivity index (χ0v) is 13.3. The molecular weight excluding hydrogens is 335 g/mol. The standard InChI is InChI=1S/C14H13FN6O2S/c15-10-3-1-9(2-4-10)14-16-13(23-18-14)8-24(22)7-12-17-19-20-21(12)11-5-6-11/h1-4,11H,5-8H2. The van der Waals surface area contributed by atoms with Gasteiger partial charge in [-0.2, -0.15) is 4.98 Å². The van der Waals surface area contributed by atoms with E-state index in [-0.39, 0.29) is 23.2 Å². The Labute approximate surface area is 138 Å². The minimum absolute atomic E-state index is 0.117. The minimum atomic E-state index is -1.27. The highest BCUT2D eigenvalue weighted by Gasteiger charge is 2.28. The summed E-state index contributed by atoms with van der Waals surface area (Å²) in [5.41, 5.74) is 0.634. The highest BCUT2D eigenvalue weighted by Crippen LogP contribution is 2.34. The molecule has 0 amide bonds. The molecule has 8 nitrogen and oxygen atoms in total. The number of hydrogen-bond donors (Lipinski definition) is 0. The summed E-state index contributed by atoms with van der Waals surface area (Å²) in [6.07, 6.45) is 2.10. The van der Waals surface area contributed by atoms with Crippen molar-refractivity contribution in [3.05, 3.63) is 41.8 Å². The lowest BCUT2D eigenvalue weighted by atomic mass is 10.2. The molecule has 1 fully saturated rings. The molecule has 0 spiro atoms. The topological polar surface area (TPSA) is 99.6 Å². The molecule has 2 aromatic heterocycles. The fourth-order valence-electron chi connectivity index (χ4n) is 2.27. The van der Waals surface area contributed by atoms with Crippen LogP contribution in [0.4, 0.5) is 4.39 Å². The quantitative estimate of drug-likeness (QED) is 0.667. The Morgan fingerprint density at radius 2 is 2.04 bits per heavy atom. The molecule has 0 radical (unpaired) electrons. The van der Waals surface area contributed by atoms with Crippen LogP contribution in [0.15, 0.2) is 28.8 Å². The highest BCUT2D eigenvalue weighted by molar-refractivity contribution is 7.83. The van der Waals surface area contributed by atoms with Crippen LogP contribution in [0, 0.1) is 5.82 Å². The Balaban J connectivity index is 1.42. The third-order valence-electron chi connectivity index (χ3n) is 3.60. The lowest BCUT2D eigenvalue weighted by Crippen LogP contribution is -2.08. The fraction of sp³-hybridized carbons (Fsp3) is 0.357. The van der Waals surface area contributed by atoms with E-state index in [1.54, 1.807) is 16.8 Å². The lowest BCUT2D eigenvalue weighted by Gasteiger charge is -2.01. The summed E-state index contributed by atoms with van der Waals surface area (Å²) >= 11 is 0. The molecule has 24 heavy (non-hydrogen) atoms. The summed E-state index contributed by atoms with van der Waals surface area (Å²) in [4.78, 5) is 4.20. The number of nitrogens with zero attached hydrogens (tertiary/aromatic N) is 6. The third-order valence-corrected chi connectivity index (χ3v) is 4.75. The van der Waals surface area contributed by atoms with Crippen molar-refractivity contribution in [3.63, 3.8) is 0 Å². The van der Waals surface area contributed by atoms with Crippen molar-refractivity contribution in [2.24, 2.45) is 0 Å². The number of aromatic nitrogens is 6. The van der Waals surface area contributed by atoms with Gasteiger partial charge in [0, 0.05) is 16.4 Å². The fourth-order valence-corrected chi connectivity index (χ4v) is 3.25. The van der Waals surface area contributed by atoms with E-state index in [0.717, 1.165) is 12.8 Å². The SMILES string of the molecule is O=S(Cc1nc(-c2ccc(F)cc2)no1)Cc1nnnn1C1CC1. The first kappa shape index (κ1) is 15.1. The number of hydrogen-bond acceptors (Lipinski definition) is 7. The van der Waals surface area contributed by atoms with E-state index in [4.69, 9.17) is 4.52 Å². The second-order valence-corrected chi connectivity index (χ2v) is 6.97. The molecule has 1 saturated carbocycles. The van der Waals surface area contributed by atoms with Gasteiger partial charge in [-0.05, 0) is 47.5 Å². The van der Waals surface area contributed by atoms with Crippen molar-refractivity contribution < 1.29 is 13.1 Å². The van der Waals surface area contributed by atoms with Crippen LogP contribution in [0.2, 0.25) is 0 Å². The predicted octanol–water partition coefficient (Wildman–Crippen LogP) is 1.65. The molecule has 0 bridgehead atoms. The van der Waals surface area contributed by atoms with E-state index in [1.165, 1.54) is 12.1 Å². The van der Waals surface area contributed by atoms with Gasteiger partial charge in [0.1, 0.15) is 11.6 Å². The van der Waals surface area contributed by atoms with Gasteiger partial charge in [0.25, 0.3) is 0 Å². The molecule has 0 aliphatic heterocycles. The van der Waals surface area contributed by atoms with Gasteiger partial charge >= 0.3 is 0 Å². The maximum absolute atomic E-state index is 12.9. The molecule has 0 N–H and O–H groups in total. The maximum Gasteiger partial charge on any atom is 0.239 e. The molecule has 4 rings (SSSR count). The van der Waals surface area contributed by atoms with E-state index < -0.39 is 10.8 Å². The molecule has 1 atom stereocenters. The second kappa shape index (κ2) is 6.19. The Bertz CT molecular complexity index is 874. The van der Waals surface area contributed by atoms with Crippen molar-refractivity contribution in [1.82, 2.24) is 30.3 Å². The number of halogens is 1. The minimum Gasteiger partial charge on any atom is -0.338 e. The van der Waals surface area contributed by atoms with Crippen molar-refractivity contribution >= 4 is 10.8 Å². The summed E-state index contributed by atoms with van der Waals surface area (Å²) in [7, 11) is -1.27. The average Bonchev–Trinajstić information content (AvgIpc) is 3.13. The molecular formula is C14H13FN6O2S. The van der Waals surface area contributed by atoms with Gasteiger partial charge in [-0.1, -0.05) is 5.16 Å². The Kier molecular flexibility index (Phi) is 3.89. The van der Waals surface area contributed by atoms with Gasteiger partial charge in [0.05, 0.1) is 11.8 Å². The van der Waals surface area contributed by atoms with Crippen LogP contribution < -0.4 is 0 Å². The summed E-state index contributed by atoms with van der Waals surface area (Å²) < 4.78 is 32.1. The van der Waals surface area contributed by atoms with E-state index in [1.807, 2.05) is 0 Å². The van der Waals surface area contributed by atoms with Crippen molar-refractivity contribution in [1.29, 1.82) is 0 Å². The van der Waals surface area contributed by atoms with Gasteiger partial charge in [0.15, 0.2) is 5.82 Å². The summed E-state index contributed by atoms with van der Waals surface area (Å²) in [6, 6.07) is 6.10. The predicted molar refractivity (Wildman–Crippen MR) is 81.3 cm³/mol. The van der Waals surface area contributed by atoms with Gasteiger partial charge in [-0.3, -0.25) is 4.21 Å². The van der Waals surface area contributed by atoms with Crippen molar-refractivity contribution in [2.75, 3.05) is 0 Å². The van der Waals surface area contributed by atoms with Crippen LogP contribution >= 0.6 is 0 Å². The first-order valence-electron chi connectivity index (χ1n) is 7.39. The van der Waals surface area contributed by atoms with Gasteiger partial charge in [-0.15, -0.1) is 5.10 Å². The van der Waals surface area contributed by atoms with Crippen molar-refractivity contribution in [2.45, 2.75) is 30.4 Å². The Morgan fingerprint density at radius 1 is 1.25 bits per heavy atom. The average molecular weight is 348 g/mol. The Morgan fingerprint density at radius 3 is 2.79 bits per heavy atom. The molecule has 3 aromatic rings. The zero-order valence-electron chi connectivity index (χ0n) is 12.5. The van der Waals surface area contributed by atoms with Crippen LogP contribution in [0.1, 0.15) is 30.6 Å². The van der Waals surface area contributed by atoms with Crippen LogP contribution in [0.5, 0.6) is 0 Å². The maximum atomic E-state index is 12.9. The van der Waals surface area contributed by atoms with E-state index in [9.17, 15) is 8.60 Å². The van der Waals surface area contributed by atoms with Crippen LogP contribution in [0.3, 0.4) is 0 Å². The first-order valence-corrected chi connectivity index (χ1v) is 8.88. The van der Waals surface area contributed by atoms with Crippen LogP contribution in [-0.4, -0.2) is 34.6 Å². The molecule has 1 unspecified atom stereocenters. The monoisotopic (exact) mass is 348 g/mol. The van der Waals surface area contributed by atoms with Gasteiger partial charge < -0.3 is 4.52 Å². The molecule has 2 heterocycles. The van der Waals surface area contributed by atoms with Crippen molar-refractivity contribution in [3.8, 4) is 11.4 Å². The molecule has 1 aromatic carbocycles. The van der Waals surface area contributed by atoms with Gasteiger partial charge in [0.2, 0.25) is 11.7 Å². The molecule has 1 aliphatic rings. The smallest absolute Gasteiger partial charge is 0.239 e. The van der Waals surface area contributed by atoms with Gasteiger partial charge in [-0.25, -0.2) is 9.07 Å². The molecule has 0 saturated heterocycles. The number of benzene rings is 1. The molecule has 10 heteroatoms. The second-order valence-electron chi connectivity index (χ2n) is 5.52.